The number of aliphatic hydroxyl groups is 5. The zero-order chi connectivity index (χ0) is 39.0. The maximum atomic E-state index is 13.9. The van der Waals surface area contributed by atoms with E-state index in [-0.39, 0.29) is 16.9 Å². The fourth-order valence-electron chi connectivity index (χ4n) is 5.87. The molecule has 54 heavy (non-hydrogen) atoms. The number of fused-ring (bicyclic) bond motifs is 1. The van der Waals surface area contributed by atoms with Gasteiger partial charge in [0.1, 0.15) is 71.4 Å². The molecule has 1 aromatic heterocycles. The number of aliphatic hydroxyl groups excluding tert-OH is 5. The summed E-state index contributed by atoms with van der Waals surface area (Å²) >= 11 is 0. The molecule has 2 saturated heterocycles. The molecular formula is C36H36O18. The van der Waals surface area contributed by atoms with Crippen molar-refractivity contribution in [1.29, 1.82) is 0 Å². The molecule has 10 atom stereocenters. The Kier molecular flexibility index (Phi) is 11.0. The Labute approximate surface area is 304 Å². The molecule has 18 nitrogen and oxygen atoms in total. The molecule has 0 saturated carbocycles. The molecule has 3 aromatic carbocycles. The first-order valence-electron chi connectivity index (χ1n) is 16.3. The molecule has 4 aromatic rings. The first-order valence-corrected chi connectivity index (χ1v) is 16.3. The van der Waals surface area contributed by atoms with Crippen LogP contribution in [0.3, 0.4) is 0 Å². The van der Waals surface area contributed by atoms with Gasteiger partial charge >= 0.3 is 5.97 Å². The van der Waals surface area contributed by atoms with Crippen LogP contribution < -0.4 is 10.2 Å². The third kappa shape index (κ3) is 7.77. The van der Waals surface area contributed by atoms with E-state index in [0.717, 1.165) is 30.3 Å². The Bertz CT molecular complexity index is 2080. The van der Waals surface area contributed by atoms with Crippen molar-refractivity contribution in [3.63, 3.8) is 0 Å². The summed E-state index contributed by atoms with van der Waals surface area (Å²) in [6.07, 6.45) is -15.2. The van der Waals surface area contributed by atoms with Crippen LogP contribution in [0.1, 0.15) is 12.5 Å². The highest BCUT2D eigenvalue weighted by Crippen LogP contribution is 2.40. The van der Waals surface area contributed by atoms with E-state index in [9.17, 15) is 60.7 Å². The smallest absolute Gasteiger partial charge is 0.330 e. The molecule has 2 aliphatic heterocycles. The van der Waals surface area contributed by atoms with Gasteiger partial charge in [0.05, 0.1) is 6.10 Å². The quantitative estimate of drug-likeness (QED) is 0.0623. The van der Waals surface area contributed by atoms with Gasteiger partial charge in [0.25, 0.3) is 0 Å². The second kappa shape index (κ2) is 15.5. The van der Waals surface area contributed by atoms with Crippen LogP contribution in [0.5, 0.6) is 34.5 Å². The first-order chi connectivity index (χ1) is 25.6. The zero-order valence-electron chi connectivity index (χ0n) is 28.1. The fourth-order valence-corrected chi connectivity index (χ4v) is 5.87. The normalized spacial score (nSPS) is 28.6. The second-order valence-corrected chi connectivity index (χ2v) is 12.6. The summed E-state index contributed by atoms with van der Waals surface area (Å²) < 4.78 is 34.2. The number of hydrogen-bond acceptors (Lipinski definition) is 18. The molecule has 0 spiro atoms. The minimum atomic E-state index is -2.00. The summed E-state index contributed by atoms with van der Waals surface area (Å²) in [6, 6.07) is 11.1. The van der Waals surface area contributed by atoms with Crippen molar-refractivity contribution in [2.24, 2.45) is 0 Å². The lowest BCUT2D eigenvalue weighted by atomic mass is 9.97. The average Bonchev–Trinajstić information content (AvgIpc) is 3.13. The van der Waals surface area contributed by atoms with Crippen LogP contribution in [0.4, 0.5) is 0 Å². The van der Waals surface area contributed by atoms with Gasteiger partial charge in [-0.25, -0.2) is 4.79 Å². The number of aromatic hydroxyl groups is 5. The van der Waals surface area contributed by atoms with E-state index in [2.05, 4.69) is 0 Å². The number of esters is 1. The number of carbonyl (C=O) groups excluding carboxylic acids is 1. The molecule has 6 rings (SSSR count). The van der Waals surface area contributed by atoms with Crippen molar-refractivity contribution < 1.29 is 84.0 Å². The van der Waals surface area contributed by atoms with E-state index in [1.807, 2.05) is 0 Å². The monoisotopic (exact) mass is 756 g/mol. The molecule has 0 radical (unpaired) electrons. The Morgan fingerprint density at radius 1 is 0.759 bits per heavy atom. The van der Waals surface area contributed by atoms with Crippen molar-refractivity contribution in [3.05, 3.63) is 76.5 Å². The van der Waals surface area contributed by atoms with Crippen molar-refractivity contribution >= 4 is 23.0 Å². The van der Waals surface area contributed by atoms with Crippen LogP contribution in [0.15, 0.2) is 69.9 Å². The Balaban J connectivity index is 1.28. The predicted molar refractivity (Wildman–Crippen MR) is 181 cm³/mol. The standard InChI is InChI=1S/C36H36O18/c1-14-26(43)30(47)34(54-35-31(48)29(46)27(44)23(52-35)13-49-24(42)9-4-15-2-6-17(37)7-3-15)36(50-14)53-33-28(45)25-21(41)11-18(38)12-22(25)51-32(33)16-5-8-19(39)20(40)10-16/h2-12,14,23,26-27,29-31,34-41,43-44,46-48H,13H2,1H3/t14-,23-,26+,27+,29-,30+,31-,34-,35-,36+/m1/s1. The lowest BCUT2D eigenvalue weighted by Gasteiger charge is -2.45. The summed E-state index contributed by atoms with van der Waals surface area (Å²) in [7, 11) is 0. The van der Waals surface area contributed by atoms with E-state index >= 15 is 0 Å². The van der Waals surface area contributed by atoms with Gasteiger partial charge < -0.3 is 79.2 Å². The van der Waals surface area contributed by atoms with Gasteiger partial charge in [0.2, 0.25) is 17.5 Å². The number of hydrogen-bond donors (Lipinski definition) is 10. The Morgan fingerprint density at radius 3 is 2.19 bits per heavy atom. The molecule has 0 unspecified atom stereocenters. The fraction of sp³-hybridized carbons (Fsp3) is 0.333. The summed E-state index contributed by atoms with van der Waals surface area (Å²) in [6.45, 7) is 0.691. The lowest BCUT2D eigenvalue weighted by molar-refractivity contribution is -0.355. The maximum absolute atomic E-state index is 13.9. The van der Waals surface area contributed by atoms with Gasteiger partial charge in [0, 0.05) is 23.8 Å². The number of benzene rings is 3. The van der Waals surface area contributed by atoms with Gasteiger partial charge in [-0.15, -0.1) is 0 Å². The van der Waals surface area contributed by atoms with Gasteiger partial charge in [0.15, 0.2) is 29.7 Å². The number of phenols is 5. The molecule has 0 amide bonds. The summed E-state index contributed by atoms with van der Waals surface area (Å²) in [5.74, 6) is -4.31. The summed E-state index contributed by atoms with van der Waals surface area (Å²) in [5.41, 5.74) is -0.858. The van der Waals surface area contributed by atoms with E-state index in [0.29, 0.717) is 5.56 Å². The molecular weight excluding hydrogens is 720 g/mol. The molecule has 10 N–H and O–H groups in total. The lowest BCUT2D eigenvalue weighted by Crippen LogP contribution is -2.64. The van der Waals surface area contributed by atoms with Gasteiger partial charge in [-0.05, 0) is 48.9 Å². The second-order valence-electron chi connectivity index (χ2n) is 12.6. The molecule has 0 bridgehead atoms. The number of carbonyl (C=O) groups is 1. The van der Waals surface area contributed by atoms with E-state index in [1.54, 1.807) is 0 Å². The van der Waals surface area contributed by atoms with E-state index in [4.69, 9.17) is 28.1 Å². The maximum Gasteiger partial charge on any atom is 0.330 e. The predicted octanol–water partition coefficient (Wildman–Crippen LogP) is 0.283. The van der Waals surface area contributed by atoms with Crippen LogP contribution in [-0.4, -0.2) is 125 Å². The molecule has 18 heteroatoms. The summed E-state index contributed by atoms with van der Waals surface area (Å²) in [5, 5.41) is 104. The third-order valence-corrected chi connectivity index (χ3v) is 8.83. The molecule has 2 aliphatic rings. The van der Waals surface area contributed by atoms with Crippen LogP contribution in [0.2, 0.25) is 0 Å². The van der Waals surface area contributed by atoms with E-state index < -0.39 is 119 Å². The average molecular weight is 757 g/mol. The molecule has 2 fully saturated rings. The highest BCUT2D eigenvalue weighted by Gasteiger charge is 2.51. The Hall–Kier alpha value is -5.44. The SMILES string of the molecule is C[C@H]1O[C@@H](Oc2c(-c3ccc(O)c(O)c3)oc3cc(O)cc(O)c3c2=O)[C@H](O[C@H]2O[C@H](COC(=O)C=Cc3ccc(O)cc3)[C@H](O)[C@@H](O)[C@H]2O)[C@@H](O)[C@H]1O. The topological polar surface area (TPSA) is 296 Å². The van der Waals surface area contributed by atoms with Gasteiger partial charge in [-0.3, -0.25) is 4.79 Å². The van der Waals surface area contributed by atoms with Crippen molar-refractivity contribution in [1.82, 2.24) is 0 Å². The minimum Gasteiger partial charge on any atom is -0.508 e. The largest absolute Gasteiger partial charge is 0.508 e. The van der Waals surface area contributed by atoms with E-state index in [1.165, 1.54) is 43.3 Å². The third-order valence-electron chi connectivity index (χ3n) is 8.83. The Morgan fingerprint density at radius 2 is 1.48 bits per heavy atom. The van der Waals surface area contributed by atoms with Crippen LogP contribution in [0, 0.1) is 0 Å². The molecule has 0 aliphatic carbocycles. The van der Waals surface area contributed by atoms with Crippen molar-refractivity contribution in [3.8, 4) is 45.8 Å². The highest BCUT2D eigenvalue weighted by molar-refractivity contribution is 5.88. The van der Waals surface area contributed by atoms with Crippen molar-refractivity contribution in [2.45, 2.75) is 68.3 Å². The number of rotatable bonds is 9. The van der Waals surface area contributed by atoms with Crippen LogP contribution in [0.25, 0.3) is 28.4 Å². The first kappa shape index (κ1) is 38.3. The molecule has 3 heterocycles. The minimum absolute atomic E-state index is 0.0198. The number of ether oxygens (including phenoxy) is 5. The highest BCUT2D eigenvalue weighted by atomic mass is 16.8. The number of phenolic OH excluding ortho intramolecular Hbond substituents is 5. The zero-order valence-corrected chi connectivity index (χ0v) is 28.1. The molecule has 288 valence electrons. The van der Waals surface area contributed by atoms with Crippen molar-refractivity contribution in [2.75, 3.05) is 6.61 Å². The summed E-state index contributed by atoms with van der Waals surface area (Å²) in [4.78, 5) is 26.3. The van der Waals surface area contributed by atoms with Gasteiger partial charge in [-0.1, -0.05) is 12.1 Å². The van der Waals surface area contributed by atoms with Crippen LogP contribution >= 0.6 is 0 Å². The van der Waals surface area contributed by atoms with Gasteiger partial charge in [-0.2, -0.15) is 0 Å². The van der Waals surface area contributed by atoms with Crippen LogP contribution in [-0.2, 0) is 23.7 Å².